The number of hydrogen-bond donors (Lipinski definition) is 0. The van der Waals surface area contributed by atoms with Crippen LogP contribution in [0.4, 0.5) is 17.1 Å². The van der Waals surface area contributed by atoms with Crippen LogP contribution < -0.4 is 19.7 Å². The number of pyridine rings is 2. The van der Waals surface area contributed by atoms with Crippen molar-refractivity contribution in [2.75, 3.05) is 4.90 Å². The number of thiazole rings is 1. The Labute approximate surface area is 276 Å². The summed E-state index contributed by atoms with van der Waals surface area (Å²) < 4.78 is 2.46. The van der Waals surface area contributed by atoms with Crippen LogP contribution in [0.5, 0.6) is 0 Å². The van der Waals surface area contributed by atoms with Crippen LogP contribution in [0.25, 0.3) is 33.9 Å². The molecule has 6 aromatic rings. The first kappa shape index (κ1) is 30.9. The molecule has 0 amide bonds. The Morgan fingerprint density at radius 3 is 1.62 bits per heavy atom. The zero-order valence-electron chi connectivity index (χ0n) is 25.7. The molecular formula is C39H30N6OS. The lowest BCUT2D eigenvalue weighted by atomic mass is 10.0. The van der Waals surface area contributed by atoms with E-state index < -0.39 is 0 Å². The SMILES string of the molecule is CCCCn1c(=C(C#N)C#N)s/c(=C\c2ccc(N(c3ccc(-c4ccncc4)cc3)c3ccc(-c4ccncc4)cc3)cc2)c1=O. The second kappa shape index (κ2) is 14.3. The van der Waals surface area contributed by atoms with Crippen LogP contribution in [0.2, 0.25) is 0 Å². The summed E-state index contributed by atoms with van der Waals surface area (Å²) in [5.41, 5.74) is 7.95. The van der Waals surface area contributed by atoms with Gasteiger partial charge in [-0.05, 0) is 101 Å². The van der Waals surface area contributed by atoms with Crippen LogP contribution in [-0.2, 0) is 6.54 Å². The van der Waals surface area contributed by atoms with Gasteiger partial charge in [0.25, 0.3) is 5.56 Å². The monoisotopic (exact) mass is 630 g/mol. The molecule has 47 heavy (non-hydrogen) atoms. The van der Waals surface area contributed by atoms with Gasteiger partial charge in [-0.1, -0.05) is 49.7 Å². The van der Waals surface area contributed by atoms with Crippen molar-refractivity contribution in [1.82, 2.24) is 14.5 Å². The predicted molar refractivity (Wildman–Crippen MR) is 189 cm³/mol. The van der Waals surface area contributed by atoms with Crippen molar-refractivity contribution in [3.05, 3.63) is 147 Å². The first-order chi connectivity index (χ1) is 23.1. The topological polar surface area (TPSA) is 98.6 Å². The highest BCUT2D eigenvalue weighted by Crippen LogP contribution is 2.36. The van der Waals surface area contributed by atoms with Crippen LogP contribution in [0.15, 0.2) is 127 Å². The average molecular weight is 631 g/mol. The Bertz CT molecular complexity index is 2150. The number of nitrogens with zero attached hydrogens (tertiary/aromatic N) is 6. The van der Waals surface area contributed by atoms with Gasteiger partial charge in [-0.15, -0.1) is 11.3 Å². The highest BCUT2D eigenvalue weighted by atomic mass is 32.1. The molecule has 0 N–H and O–H groups in total. The Kier molecular flexibility index (Phi) is 9.43. The second-order valence-electron chi connectivity index (χ2n) is 10.8. The van der Waals surface area contributed by atoms with E-state index in [4.69, 9.17) is 0 Å². The van der Waals surface area contributed by atoms with Crippen molar-refractivity contribution in [3.8, 4) is 34.4 Å². The molecular weight excluding hydrogens is 601 g/mol. The minimum atomic E-state index is -0.185. The summed E-state index contributed by atoms with van der Waals surface area (Å²) in [7, 11) is 0. The number of unbranched alkanes of at least 4 members (excludes halogenated alkanes) is 1. The summed E-state index contributed by atoms with van der Waals surface area (Å²) in [6.07, 6.45) is 10.7. The maximum Gasteiger partial charge on any atom is 0.269 e. The van der Waals surface area contributed by atoms with E-state index in [0.29, 0.717) is 15.7 Å². The summed E-state index contributed by atoms with van der Waals surface area (Å²) in [6, 6.07) is 36.8. The molecule has 3 heterocycles. The Morgan fingerprint density at radius 1 is 0.723 bits per heavy atom. The van der Waals surface area contributed by atoms with Gasteiger partial charge in [0.2, 0.25) is 0 Å². The number of aromatic nitrogens is 3. The van der Waals surface area contributed by atoms with Crippen LogP contribution in [0.3, 0.4) is 0 Å². The number of anilines is 3. The molecule has 7 nitrogen and oxygen atoms in total. The maximum atomic E-state index is 13.3. The predicted octanol–water partition coefficient (Wildman–Crippen LogP) is 7.33. The number of benzene rings is 3. The van der Waals surface area contributed by atoms with Crippen LogP contribution in [0, 0.1) is 22.7 Å². The molecule has 0 atom stereocenters. The van der Waals surface area contributed by atoms with Gasteiger partial charge >= 0.3 is 0 Å². The van der Waals surface area contributed by atoms with E-state index in [9.17, 15) is 15.3 Å². The third-order valence-corrected chi connectivity index (χ3v) is 8.94. The number of nitriles is 2. The first-order valence-electron chi connectivity index (χ1n) is 15.3. The van der Waals surface area contributed by atoms with E-state index in [2.05, 4.69) is 63.4 Å². The quantitative estimate of drug-likeness (QED) is 0.166. The van der Waals surface area contributed by atoms with Gasteiger partial charge in [0, 0.05) is 48.4 Å². The molecule has 0 aliphatic rings. The van der Waals surface area contributed by atoms with Crippen molar-refractivity contribution >= 4 is 40.0 Å². The van der Waals surface area contributed by atoms with Crippen molar-refractivity contribution in [3.63, 3.8) is 0 Å². The summed E-state index contributed by atoms with van der Waals surface area (Å²) in [4.78, 5) is 23.8. The minimum Gasteiger partial charge on any atom is -0.311 e. The molecule has 0 spiro atoms. The molecule has 0 saturated heterocycles. The molecule has 6 rings (SSSR count). The molecule has 0 saturated carbocycles. The lowest BCUT2D eigenvalue weighted by molar-refractivity contribution is 0.609. The van der Waals surface area contributed by atoms with Gasteiger partial charge in [0.15, 0.2) is 5.57 Å². The molecule has 0 radical (unpaired) electrons. The molecule has 0 fully saturated rings. The Hall–Kier alpha value is -6.09. The van der Waals surface area contributed by atoms with E-state index in [1.54, 1.807) is 29.4 Å². The molecule has 8 heteroatoms. The van der Waals surface area contributed by atoms with Gasteiger partial charge in [-0.2, -0.15) is 10.5 Å². The lowest BCUT2D eigenvalue weighted by Crippen LogP contribution is -2.32. The van der Waals surface area contributed by atoms with E-state index >= 15 is 0 Å². The Balaban J connectivity index is 1.39. The Morgan fingerprint density at radius 2 is 1.17 bits per heavy atom. The number of hydrogen-bond acceptors (Lipinski definition) is 7. The van der Waals surface area contributed by atoms with Crippen LogP contribution in [-0.4, -0.2) is 14.5 Å². The lowest BCUT2D eigenvalue weighted by Gasteiger charge is -2.26. The first-order valence-corrected chi connectivity index (χ1v) is 16.1. The standard InChI is InChI=1S/C39H30N6OS/c1-2-3-24-44-38(46)37(47-39(44)33(26-40)27-41)25-28-4-10-34(11-5-28)45(35-12-6-29(7-13-35)31-16-20-42-21-17-31)36-14-8-30(9-15-36)32-18-22-43-23-19-32/h4-23,25H,2-3,24H2,1H3/b37-25-. The fourth-order valence-corrected chi connectivity index (χ4v) is 6.44. The summed E-state index contributed by atoms with van der Waals surface area (Å²) in [6.45, 7) is 2.51. The normalized spacial score (nSPS) is 11.1. The highest BCUT2D eigenvalue weighted by molar-refractivity contribution is 7.07. The zero-order valence-corrected chi connectivity index (χ0v) is 26.6. The fourth-order valence-electron chi connectivity index (χ4n) is 5.36. The summed E-state index contributed by atoms with van der Waals surface area (Å²) in [5.74, 6) is 0. The zero-order chi connectivity index (χ0) is 32.6. The van der Waals surface area contributed by atoms with Gasteiger partial charge < -0.3 is 4.90 Å². The molecule has 0 bridgehead atoms. The summed E-state index contributed by atoms with van der Waals surface area (Å²) >= 11 is 1.19. The largest absolute Gasteiger partial charge is 0.311 e. The van der Waals surface area contributed by atoms with E-state index in [1.807, 2.05) is 73.7 Å². The average Bonchev–Trinajstić information content (AvgIpc) is 3.43. The van der Waals surface area contributed by atoms with Gasteiger partial charge in [-0.25, -0.2) is 0 Å². The molecule has 0 unspecified atom stereocenters. The third-order valence-electron chi connectivity index (χ3n) is 7.81. The minimum absolute atomic E-state index is 0.0428. The van der Waals surface area contributed by atoms with Crippen LogP contribution >= 0.6 is 11.3 Å². The highest BCUT2D eigenvalue weighted by Gasteiger charge is 2.14. The van der Waals surface area contributed by atoms with E-state index in [0.717, 1.165) is 57.7 Å². The van der Waals surface area contributed by atoms with E-state index in [1.165, 1.54) is 11.3 Å². The van der Waals surface area contributed by atoms with Gasteiger partial charge in [0.05, 0.1) is 4.53 Å². The molecule has 3 aromatic heterocycles. The molecule has 3 aromatic carbocycles. The van der Waals surface area contributed by atoms with Crippen molar-refractivity contribution in [2.45, 2.75) is 26.3 Å². The molecule has 228 valence electrons. The molecule has 0 aliphatic heterocycles. The number of rotatable bonds is 9. The fraction of sp³-hybridized carbons (Fsp3) is 0.103. The van der Waals surface area contributed by atoms with Gasteiger partial charge in [0.1, 0.15) is 16.8 Å². The van der Waals surface area contributed by atoms with Crippen molar-refractivity contribution in [1.29, 1.82) is 10.5 Å². The third kappa shape index (κ3) is 6.79. The van der Waals surface area contributed by atoms with Crippen molar-refractivity contribution < 1.29 is 0 Å². The van der Waals surface area contributed by atoms with E-state index in [-0.39, 0.29) is 11.1 Å². The van der Waals surface area contributed by atoms with Crippen molar-refractivity contribution in [2.24, 2.45) is 0 Å². The van der Waals surface area contributed by atoms with Gasteiger partial charge in [-0.3, -0.25) is 19.3 Å². The van der Waals surface area contributed by atoms with Crippen LogP contribution in [0.1, 0.15) is 25.3 Å². The second-order valence-corrected chi connectivity index (χ2v) is 11.8. The summed E-state index contributed by atoms with van der Waals surface area (Å²) in [5, 5.41) is 19.0. The molecule has 0 aliphatic carbocycles. The smallest absolute Gasteiger partial charge is 0.269 e. The maximum absolute atomic E-state index is 13.3.